The number of fused-ring (bicyclic) bond motifs is 1. The number of methoxy groups -OCH3 is 1. The molecule has 0 amide bonds. The summed E-state index contributed by atoms with van der Waals surface area (Å²) >= 11 is 0. The van der Waals surface area contributed by atoms with E-state index >= 15 is 0 Å². The number of piperidine rings is 1. The van der Waals surface area contributed by atoms with E-state index in [2.05, 4.69) is 67.8 Å². The average molecular weight is 490 g/mol. The van der Waals surface area contributed by atoms with Gasteiger partial charge in [0, 0.05) is 36.1 Å². The highest BCUT2D eigenvalue weighted by molar-refractivity contribution is 5.94. The molecule has 36 heavy (non-hydrogen) atoms. The Kier molecular flexibility index (Phi) is 6.86. The van der Waals surface area contributed by atoms with Crippen LogP contribution in [-0.4, -0.2) is 68.2 Å². The molecule has 3 aromatic heterocycles. The van der Waals surface area contributed by atoms with Gasteiger partial charge in [0.2, 0.25) is 0 Å². The highest BCUT2D eigenvalue weighted by Gasteiger charge is 2.21. The van der Waals surface area contributed by atoms with Gasteiger partial charge in [0.1, 0.15) is 11.4 Å². The Labute approximate surface area is 211 Å². The molecule has 0 spiro atoms. The van der Waals surface area contributed by atoms with E-state index in [-0.39, 0.29) is 0 Å². The molecule has 4 aromatic rings. The number of benzene rings is 1. The largest absolute Gasteiger partial charge is 0.497 e. The van der Waals surface area contributed by atoms with Gasteiger partial charge in [-0.2, -0.15) is 10.2 Å². The highest BCUT2D eigenvalue weighted by atomic mass is 16.5. The summed E-state index contributed by atoms with van der Waals surface area (Å²) in [6.45, 7) is 10.4. The number of nitrogens with one attached hydrogen (secondary N) is 2. The number of aromatic amines is 1. The summed E-state index contributed by atoms with van der Waals surface area (Å²) in [7, 11) is 1.65. The second-order valence-corrected chi connectivity index (χ2v) is 10.7. The average Bonchev–Trinajstić information content (AvgIpc) is 3.53. The van der Waals surface area contributed by atoms with E-state index in [0.717, 1.165) is 65.5 Å². The third kappa shape index (κ3) is 5.64. The summed E-state index contributed by atoms with van der Waals surface area (Å²) < 4.78 is 7.21. The molecule has 0 bridgehead atoms. The fourth-order valence-corrected chi connectivity index (χ4v) is 4.63. The zero-order chi connectivity index (χ0) is 25.1. The van der Waals surface area contributed by atoms with E-state index < -0.39 is 0 Å². The number of nitrogens with zero attached hydrogens (tertiary/aromatic N) is 7. The third-order valence-corrected chi connectivity index (χ3v) is 6.67. The summed E-state index contributed by atoms with van der Waals surface area (Å²) in [6.07, 6.45) is 7.24. The summed E-state index contributed by atoms with van der Waals surface area (Å²) in [5, 5.41) is 29.6. The molecule has 1 aliphatic rings. The molecule has 4 heterocycles. The Morgan fingerprint density at radius 2 is 2.06 bits per heavy atom. The normalized spacial score (nSPS) is 16.6. The van der Waals surface area contributed by atoms with Gasteiger partial charge in [-0.1, -0.05) is 26.0 Å². The fourth-order valence-electron chi connectivity index (χ4n) is 4.63. The molecule has 1 aromatic carbocycles. The minimum atomic E-state index is 0.354. The standard InChI is InChI=1S/C26H35N9O/c1-26(2,3)9-10-27-18-6-5-11-34(15-18)25-8-7-19(29-32-25)16-35-17-24(31-33-35)21-12-20(36-4)13-23-22(21)14-28-30-23/h7-8,12-14,17-18,27H,5-6,9-11,15-16H2,1-4H3,(H,28,30). The lowest BCUT2D eigenvalue weighted by atomic mass is 9.92. The lowest BCUT2D eigenvalue weighted by Gasteiger charge is -2.34. The van der Waals surface area contributed by atoms with E-state index in [9.17, 15) is 0 Å². The molecule has 1 aliphatic heterocycles. The van der Waals surface area contributed by atoms with E-state index in [0.29, 0.717) is 18.0 Å². The van der Waals surface area contributed by atoms with Crippen LogP contribution in [0, 0.1) is 5.41 Å². The number of H-pyrrole nitrogens is 1. The molecular weight excluding hydrogens is 454 g/mol. The number of anilines is 1. The van der Waals surface area contributed by atoms with Gasteiger partial charge in [0.25, 0.3) is 0 Å². The molecule has 0 radical (unpaired) electrons. The molecule has 10 heteroatoms. The number of hydrogen-bond donors (Lipinski definition) is 2. The van der Waals surface area contributed by atoms with Crippen LogP contribution in [0.4, 0.5) is 5.82 Å². The quantitative estimate of drug-likeness (QED) is 0.386. The van der Waals surface area contributed by atoms with Crippen molar-refractivity contribution < 1.29 is 4.74 Å². The van der Waals surface area contributed by atoms with Crippen molar-refractivity contribution in [1.82, 2.24) is 40.7 Å². The van der Waals surface area contributed by atoms with Crippen molar-refractivity contribution in [2.75, 3.05) is 31.6 Å². The minimum Gasteiger partial charge on any atom is -0.497 e. The summed E-state index contributed by atoms with van der Waals surface area (Å²) in [4.78, 5) is 2.33. The lowest BCUT2D eigenvalue weighted by molar-refractivity contribution is 0.339. The highest BCUT2D eigenvalue weighted by Crippen LogP contribution is 2.30. The minimum absolute atomic E-state index is 0.354. The second kappa shape index (κ2) is 10.2. The van der Waals surface area contributed by atoms with Crippen LogP contribution in [0.25, 0.3) is 22.2 Å². The number of hydrogen-bond acceptors (Lipinski definition) is 8. The van der Waals surface area contributed by atoms with Crippen LogP contribution < -0.4 is 15.0 Å². The van der Waals surface area contributed by atoms with Gasteiger partial charge in [0.15, 0.2) is 5.82 Å². The first-order valence-corrected chi connectivity index (χ1v) is 12.6. The number of aromatic nitrogens is 7. The van der Waals surface area contributed by atoms with Crippen LogP contribution in [0.3, 0.4) is 0 Å². The van der Waals surface area contributed by atoms with Gasteiger partial charge in [-0.25, -0.2) is 4.68 Å². The van der Waals surface area contributed by atoms with Crippen molar-refractivity contribution in [3.05, 3.63) is 42.4 Å². The monoisotopic (exact) mass is 489 g/mol. The van der Waals surface area contributed by atoms with Gasteiger partial charge >= 0.3 is 0 Å². The maximum Gasteiger partial charge on any atom is 0.151 e. The van der Waals surface area contributed by atoms with Crippen molar-refractivity contribution in [3.8, 4) is 17.0 Å². The lowest BCUT2D eigenvalue weighted by Crippen LogP contribution is -2.46. The molecule has 10 nitrogen and oxygen atoms in total. The van der Waals surface area contributed by atoms with Crippen molar-refractivity contribution in [2.45, 2.75) is 52.6 Å². The molecule has 190 valence electrons. The summed E-state index contributed by atoms with van der Waals surface area (Å²) in [5.41, 5.74) is 3.76. The smallest absolute Gasteiger partial charge is 0.151 e. The van der Waals surface area contributed by atoms with Gasteiger partial charge < -0.3 is 15.0 Å². The first-order chi connectivity index (χ1) is 17.4. The maximum absolute atomic E-state index is 5.43. The molecular formula is C26H35N9O. The maximum atomic E-state index is 5.43. The van der Waals surface area contributed by atoms with Gasteiger partial charge in [-0.3, -0.25) is 5.10 Å². The molecule has 1 unspecified atom stereocenters. The third-order valence-electron chi connectivity index (χ3n) is 6.67. The van der Waals surface area contributed by atoms with Gasteiger partial charge in [-0.15, -0.1) is 10.2 Å². The zero-order valence-electron chi connectivity index (χ0n) is 21.5. The summed E-state index contributed by atoms with van der Waals surface area (Å²) in [5.74, 6) is 1.67. The zero-order valence-corrected chi connectivity index (χ0v) is 21.5. The Balaban J connectivity index is 1.22. The predicted molar refractivity (Wildman–Crippen MR) is 140 cm³/mol. The van der Waals surface area contributed by atoms with Crippen LogP contribution in [0.5, 0.6) is 5.75 Å². The Hall–Kier alpha value is -3.53. The van der Waals surface area contributed by atoms with Crippen molar-refractivity contribution in [2.24, 2.45) is 5.41 Å². The van der Waals surface area contributed by atoms with Crippen molar-refractivity contribution in [1.29, 1.82) is 0 Å². The second-order valence-electron chi connectivity index (χ2n) is 10.7. The predicted octanol–water partition coefficient (Wildman–Crippen LogP) is 3.66. The van der Waals surface area contributed by atoms with Crippen LogP contribution in [0.2, 0.25) is 0 Å². The van der Waals surface area contributed by atoms with E-state index in [1.54, 1.807) is 18.0 Å². The fraction of sp³-hybridized carbons (Fsp3) is 0.500. The molecule has 2 N–H and O–H groups in total. The SMILES string of the molecule is COc1cc(-c2cn(Cc3ccc(N4CCCC(NCCC(C)(C)C)C4)nn3)nn2)c2cn[nH]c2c1. The number of ether oxygens (including phenoxy) is 1. The Bertz CT molecular complexity index is 1290. The molecule has 1 saturated heterocycles. The van der Waals surface area contributed by atoms with Crippen molar-refractivity contribution in [3.63, 3.8) is 0 Å². The van der Waals surface area contributed by atoms with Gasteiger partial charge in [0.05, 0.1) is 37.3 Å². The number of rotatable bonds is 8. The van der Waals surface area contributed by atoms with E-state index in [1.807, 2.05) is 24.4 Å². The van der Waals surface area contributed by atoms with Crippen LogP contribution >= 0.6 is 0 Å². The Morgan fingerprint density at radius 3 is 2.83 bits per heavy atom. The summed E-state index contributed by atoms with van der Waals surface area (Å²) in [6, 6.07) is 8.45. The topological polar surface area (TPSA) is 110 Å². The van der Waals surface area contributed by atoms with Crippen LogP contribution in [0.1, 0.15) is 45.7 Å². The van der Waals surface area contributed by atoms with E-state index in [1.165, 1.54) is 12.8 Å². The van der Waals surface area contributed by atoms with Gasteiger partial charge in [-0.05, 0) is 49.4 Å². The molecule has 0 saturated carbocycles. The molecule has 1 atom stereocenters. The van der Waals surface area contributed by atoms with Crippen LogP contribution in [0.15, 0.2) is 36.7 Å². The van der Waals surface area contributed by atoms with E-state index in [4.69, 9.17) is 4.74 Å². The van der Waals surface area contributed by atoms with Crippen LogP contribution in [-0.2, 0) is 6.54 Å². The molecule has 0 aliphatic carbocycles. The first kappa shape index (κ1) is 24.2. The first-order valence-electron chi connectivity index (χ1n) is 12.6. The van der Waals surface area contributed by atoms with Crippen molar-refractivity contribution >= 4 is 16.7 Å². The Morgan fingerprint density at radius 1 is 1.17 bits per heavy atom. The molecule has 1 fully saturated rings. The molecule has 5 rings (SSSR count).